The summed E-state index contributed by atoms with van der Waals surface area (Å²) in [6.07, 6.45) is 0.477. The average Bonchev–Trinajstić information content (AvgIpc) is 3.81. The van der Waals surface area contributed by atoms with Gasteiger partial charge in [-0.1, -0.05) is 152 Å². The predicted octanol–water partition coefficient (Wildman–Crippen LogP) is 13.1. The van der Waals surface area contributed by atoms with E-state index in [2.05, 4.69) is 150 Å². The molecule has 5 heteroatoms. The Bertz CT molecular complexity index is 3200. The topological polar surface area (TPSA) is 56.7 Å². The van der Waals surface area contributed by atoms with E-state index in [1.165, 1.54) is 21.9 Å². The minimum atomic E-state index is 0.477. The summed E-state index contributed by atoms with van der Waals surface area (Å²) in [7, 11) is 0. The Morgan fingerprint density at radius 3 is 1.67 bits per heavy atom. The molecule has 3 aromatic heterocycles. The van der Waals surface area contributed by atoms with Crippen molar-refractivity contribution in [1.82, 2.24) is 19.5 Å². The fourth-order valence-electron chi connectivity index (χ4n) is 8.18. The fourth-order valence-corrected chi connectivity index (χ4v) is 8.18. The predicted molar refractivity (Wildman–Crippen MR) is 232 cm³/mol. The largest absolute Gasteiger partial charge is 0.456 e. The number of nitrogens with zero attached hydrogens (tertiary/aromatic N) is 4. The van der Waals surface area contributed by atoms with E-state index < -0.39 is 0 Å². The van der Waals surface area contributed by atoms with Crippen LogP contribution in [-0.4, -0.2) is 19.5 Å². The van der Waals surface area contributed by atoms with Crippen molar-refractivity contribution < 1.29 is 4.42 Å². The Morgan fingerprint density at radius 1 is 0.368 bits per heavy atom. The summed E-state index contributed by atoms with van der Waals surface area (Å²) in [6, 6.07) is 67.9. The highest BCUT2D eigenvalue weighted by Crippen LogP contribution is 2.40. The van der Waals surface area contributed by atoms with E-state index in [1.54, 1.807) is 0 Å². The molecule has 0 fully saturated rings. The highest BCUT2D eigenvalue weighted by Gasteiger charge is 2.20. The molecule has 0 aliphatic heterocycles. The first-order valence-electron chi connectivity index (χ1n) is 19.2. The van der Waals surface area contributed by atoms with Crippen molar-refractivity contribution >= 4 is 43.7 Å². The van der Waals surface area contributed by atoms with Crippen LogP contribution in [0.5, 0.6) is 0 Å². The zero-order valence-electron chi connectivity index (χ0n) is 30.9. The summed E-state index contributed by atoms with van der Waals surface area (Å²) < 4.78 is 8.85. The molecule has 0 spiro atoms. The Labute approximate surface area is 329 Å². The number of rotatable bonds is 7. The fraction of sp³-hybridized carbons (Fsp3) is 0.0192. The van der Waals surface area contributed by atoms with Gasteiger partial charge in [-0.05, 0) is 64.2 Å². The molecule has 0 aliphatic rings. The summed E-state index contributed by atoms with van der Waals surface area (Å²) in [5.74, 6) is 1.99. The van der Waals surface area contributed by atoms with Crippen molar-refractivity contribution in [2.75, 3.05) is 0 Å². The maximum atomic E-state index is 6.47. The molecule has 0 saturated heterocycles. The van der Waals surface area contributed by atoms with Gasteiger partial charge < -0.3 is 8.98 Å². The summed E-state index contributed by atoms with van der Waals surface area (Å²) in [4.78, 5) is 15.3. The molecule has 0 radical (unpaired) electrons. The third kappa shape index (κ3) is 5.85. The van der Waals surface area contributed by atoms with E-state index >= 15 is 0 Å². The van der Waals surface area contributed by atoms with Gasteiger partial charge in [0, 0.05) is 50.8 Å². The van der Waals surface area contributed by atoms with E-state index in [9.17, 15) is 0 Å². The molecular formula is C52H34N4O. The monoisotopic (exact) mass is 730 g/mol. The first-order chi connectivity index (χ1) is 28.2. The molecular weight excluding hydrogens is 697 g/mol. The van der Waals surface area contributed by atoms with Crippen LogP contribution in [0, 0.1) is 0 Å². The lowest BCUT2D eigenvalue weighted by Crippen LogP contribution is -2.07. The zero-order chi connectivity index (χ0) is 37.7. The minimum Gasteiger partial charge on any atom is -0.456 e. The standard InChI is InChI=1S/C52H34N4O/c1-4-15-34(16-5-1)37-21-14-22-38(29-37)39-27-28-45(40(30-39)31-50-53-51(35-17-6-2-7-18-35)55-52(54-50)36-19-8-3-9-20-36)56-46-25-12-10-23-41(46)43-32-44-42-24-11-13-26-48(42)57-49(44)33-47(43)56/h1-30,32-33H,31H2. The Hall–Kier alpha value is -7.63. The van der Waals surface area contributed by atoms with E-state index in [4.69, 9.17) is 19.4 Å². The third-order valence-electron chi connectivity index (χ3n) is 10.9. The van der Waals surface area contributed by atoms with Crippen LogP contribution in [0.2, 0.25) is 0 Å². The highest BCUT2D eigenvalue weighted by atomic mass is 16.3. The molecule has 0 unspecified atom stereocenters. The molecule has 57 heavy (non-hydrogen) atoms. The minimum absolute atomic E-state index is 0.477. The van der Waals surface area contributed by atoms with Gasteiger partial charge in [0.25, 0.3) is 0 Å². The number of hydrogen-bond acceptors (Lipinski definition) is 4. The molecule has 0 bridgehead atoms. The van der Waals surface area contributed by atoms with E-state index in [0.717, 1.165) is 66.5 Å². The van der Waals surface area contributed by atoms with Gasteiger partial charge in [-0.25, -0.2) is 15.0 Å². The number of benzene rings is 8. The van der Waals surface area contributed by atoms with Crippen molar-refractivity contribution in [2.24, 2.45) is 0 Å². The molecule has 11 rings (SSSR count). The second-order valence-corrected chi connectivity index (χ2v) is 14.4. The Kier molecular flexibility index (Phi) is 7.81. The number of fused-ring (bicyclic) bond motifs is 6. The van der Waals surface area contributed by atoms with Crippen LogP contribution >= 0.6 is 0 Å². The molecule has 8 aromatic carbocycles. The van der Waals surface area contributed by atoms with Gasteiger partial charge in [0.1, 0.15) is 17.0 Å². The Morgan fingerprint density at radius 2 is 0.947 bits per heavy atom. The highest BCUT2D eigenvalue weighted by molar-refractivity contribution is 6.17. The molecule has 0 saturated carbocycles. The van der Waals surface area contributed by atoms with E-state index in [-0.39, 0.29) is 0 Å². The molecule has 3 heterocycles. The molecule has 0 N–H and O–H groups in total. The number of aromatic nitrogens is 4. The van der Waals surface area contributed by atoms with Crippen LogP contribution < -0.4 is 0 Å². The maximum Gasteiger partial charge on any atom is 0.163 e. The molecule has 0 atom stereocenters. The second kappa shape index (κ2) is 13.6. The zero-order valence-corrected chi connectivity index (χ0v) is 30.9. The van der Waals surface area contributed by atoms with Gasteiger partial charge in [0.2, 0.25) is 0 Å². The lowest BCUT2D eigenvalue weighted by atomic mass is 9.96. The smallest absolute Gasteiger partial charge is 0.163 e. The van der Waals surface area contributed by atoms with Crippen LogP contribution in [-0.2, 0) is 6.42 Å². The van der Waals surface area contributed by atoms with Crippen LogP contribution in [0.25, 0.3) is 94.5 Å². The molecule has 268 valence electrons. The molecule has 0 aliphatic carbocycles. The lowest BCUT2D eigenvalue weighted by Gasteiger charge is -2.16. The quantitative estimate of drug-likeness (QED) is 0.164. The lowest BCUT2D eigenvalue weighted by molar-refractivity contribution is 0.669. The second-order valence-electron chi connectivity index (χ2n) is 14.4. The van der Waals surface area contributed by atoms with Crippen molar-refractivity contribution in [3.05, 3.63) is 206 Å². The molecule has 11 aromatic rings. The average molecular weight is 731 g/mol. The Balaban J connectivity index is 1.15. The first kappa shape index (κ1) is 32.8. The van der Waals surface area contributed by atoms with Gasteiger partial charge in [-0.3, -0.25) is 0 Å². The maximum absolute atomic E-state index is 6.47. The van der Waals surface area contributed by atoms with Crippen LogP contribution in [0.15, 0.2) is 199 Å². The molecule has 0 amide bonds. The van der Waals surface area contributed by atoms with Gasteiger partial charge in [-0.15, -0.1) is 0 Å². The third-order valence-corrected chi connectivity index (χ3v) is 10.9. The van der Waals surface area contributed by atoms with Crippen molar-refractivity contribution in [2.45, 2.75) is 6.42 Å². The van der Waals surface area contributed by atoms with Crippen LogP contribution in [0.3, 0.4) is 0 Å². The summed E-state index contributed by atoms with van der Waals surface area (Å²) >= 11 is 0. The van der Waals surface area contributed by atoms with Crippen molar-refractivity contribution in [3.8, 4) is 50.7 Å². The normalized spacial score (nSPS) is 11.6. The number of hydrogen-bond donors (Lipinski definition) is 0. The van der Waals surface area contributed by atoms with Crippen molar-refractivity contribution in [3.63, 3.8) is 0 Å². The summed E-state index contributed by atoms with van der Waals surface area (Å²) in [5.41, 5.74) is 12.6. The SMILES string of the molecule is c1ccc(-c2cccc(-c3ccc(-n4c5ccccc5c5cc6c(cc54)oc4ccccc46)c(Cc4nc(-c5ccccc5)nc(-c5ccccc5)n4)c3)c2)cc1. The molecule has 5 nitrogen and oxygen atoms in total. The van der Waals surface area contributed by atoms with Gasteiger partial charge >= 0.3 is 0 Å². The number of furan rings is 1. The van der Waals surface area contributed by atoms with E-state index in [0.29, 0.717) is 23.9 Å². The van der Waals surface area contributed by atoms with Gasteiger partial charge in [0.15, 0.2) is 11.6 Å². The van der Waals surface area contributed by atoms with Crippen molar-refractivity contribution in [1.29, 1.82) is 0 Å². The van der Waals surface area contributed by atoms with Gasteiger partial charge in [0.05, 0.1) is 11.0 Å². The summed E-state index contributed by atoms with van der Waals surface area (Å²) in [6.45, 7) is 0. The summed E-state index contributed by atoms with van der Waals surface area (Å²) in [5, 5.41) is 4.59. The van der Waals surface area contributed by atoms with Crippen LogP contribution in [0.1, 0.15) is 11.4 Å². The number of para-hydroxylation sites is 2. The van der Waals surface area contributed by atoms with Gasteiger partial charge in [-0.2, -0.15) is 0 Å². The van der Waals surface area contributed by atoms with Crippen LogP contribution in [0.4, 0.5) is 0 Å². The van der Waals surface area contributed by atoms with E-state index in [1.807, 2.05) is 48.5 Å². The first-order valence-corrected chi connectivity index (χ1v) is 19.2.